The SMILES string of the molecule is O=c1c(-c2ccc(Cl)cc2)c(C(F)(F)F)oc2c3c(ccc12)OCN(C1CCCCC1)C3. The van der Waals surface area contributed by atoms with Crippen LogP contribution in [-0.2, 0) is 12.7 Å². The molecule has 0 spiro atoms. The number of ether oxygens (including phenoxy) is 1. The van der Waals surface area contributed by atoms with Crippen molar-refractivity contribution < 1.29 is 22.3 Å². The lowest BCUT2D eigenvalue weighted by molar-refractivity contribution is -0.152. The molecule has 0 amide bonds. The van der Waals surface area contributed by atoms with Gasteiger partial charge < -0.3 is 9.15 Å². The molecule has 3 aromatic rings. The molecule has 2 aromatic carbocycles. The van der Waals surface area contributed by atoms with Crippen LogP contribution in [0.5, 0.6) is 5.75 Å². The monoisotopic (exact) mass is 463 g/mol. The van der Waals surface area contributed by atoms with E-state index >= 15 is 0 Å². The number of alkyl halides is 3. The highest BCUT2D eigenvalue weighted by molar-refractivity contribution is 6.30. The van der Waals surface area contributed by atoms with Gasteiger partial charge >= 0.3 is 6.18 Å². The third kappa shape index (κ3) is 3.77. The average Bonchev–Trinajstić information content (AvgIpc) is 2.79. The van der Waals surface area contributed by atoms with Crippen molar-refractivity contribution in [3.8, 4) is 16.9 Å². The molecular formula is C24H21ClF3NO3. The zero-order valence-corrected chi connectivity index (χ0v) is 17.9. The van der Waals surface area contributed by atoms with E-state index in [-0.39, 0.29) is 16.5 Å². The van der Waals surface area contributed by atoms with Crippen molar-refractivity contribution in [3.05, 3.63) is 63.0 Å². The van der Waals surface area contributed by atoms with Crippen LogP contribution in [-0.4, -0.2) is 17.7 Å². The van der Waals surface area contributed by atoms with E-state index in [9.17, 15) is 18.0 Å². The van der Waals surface area contributed by atoms with Crippen molar-refractivity contribution in [3.63, 3.8) is 0 Å². The maximum absolute atomic E-state index is 14.0. The van der Waals surface area contributed by atoms with Gasteiger partial charge in [0.15, 0.2) is 0 Å². The second kappa shape index (κ2) is 8.12. The summed E-state index contributed by atoms with van der Waals surface area (Å²) in [7, 11) is 0. The van der Waals surface area contributed by atoms with Gasteiger partial charge in [-0.1, -0.05) is 43.0 Å². The molecule has 1 aromatic heterocycles. The van der Waals surface area contributed by atoms with Crippen LogP contribution in [0.1, 0.15) is 43.4 Å². The second-order valence-electron chi connectivity index (χ2n) is 8.37. The van der Waals surface area contributed by atoms with Crippen molar-refractivity contribution in [2.75, 3.05) is 6.73 Å². The second-order valence-corrected chi connectivity index (χ2v) is 8.81. The van der Waals surface area contributed by atoms with Gasteiger partial charge in [-0.25, -0.2) is 0 Å². The van der Waals surface area contributed by atoms with Crippen molar-refractivity contribution >= 4 is 22.6 Å². The zero-order valence-electron chi connectivity index (χ0n) is 17.2. The molecule has 32 heavy (non-hydrogen) atoms. The fourth-order valence-corrected chi connectivity index (χ4v) is 4.87. The minimum Gasteiger partial charge on any atom is -0.478 e. The largest absolute Gasteiger partial charge is 0.478 e. The number of hydrogen-bond donors (Lipinski definition) is 0. The Morgan fingerprint density at radius 3 is 2.41 bits per heavy atom. The number of halogens is 4. The van der Waals surface area contributed by atoms with E-state index in [1.165, 1.54) is 36.8 Å². The molecule has 8 heteroatoms. The first kappa shape index (κ1) is 21.3. The Hall–Kier alpha value is -2.51. The summed E-state index contributed by atoms with van der Waals surface area (Å²) in [5, 5.41) is 0.470. The molecular weight excluding hydrogens is 443 g/mol. The Labute approximate surface area is 187 Å². The molecule has 0 radical (unpaired) electrons. The van der Waals surface area contributed by atoms with E-state index in [1.807, 2.05) is 0 Å². The van der Waals surface area contributed by atoms with Gasteiger partial charge in [-0.3, -0.25) is 9.69 Å². The van der Waals surface area contributed by atoms with Gasteiger partial charge in [0.2, 0.25) is 11.2 Å². The summed E-state index contributed by atoms with van der Waals surface area (Å²) in [6.07, 6.45) is 0.665. The van der Waals surface area contributed by atoms with Gasteiger partial charge in [0.1, 0.15) is 18.1 Å². The van der Waals surface area contributed by atoms with E-state index < -0.39 is 22.9 Å². The average molecular weight is 464 g/mol. The Balaban J connectivity index is 1.68. The van der Waals surface area contributed by atoms with Crippen molar-refractivity contribution in [1.82, 2.24) is 4.90 Å². The van der Waals surface area contributed by atoms with Crippen LogP contribution in [0.3, 0.4) is 0 Å². The number of nitrogens with zero attached hydrogens (tertiary/aromatic N) is 1. The molecule has 2 heterocycles. The lowest BCUT2D eigenvalue weighted by atomic mass is 9.93. The Morgan fingerprint density at radius 1 is 1.00 bits per heavy atom. The molecule has 0 N–H and O–H groups in total. The standard InChI is InChI=1S/C24H21ClF3NO3/c25-15-8-6-14(7-9-15)20-21(30)17-10-11-19-18(22(17)32-23(20)24(26,27)28)12-29(13-31-19)16-4-2-1-3-5-16/h6-11,16H,1-5,12-13H2. The van der Waals surface area contributed by atoms with Gasteiger partial charge in [0.05, 0.1) is 16.5 Å². The summed E-state index contributed by atoms with van der Waals surface area (Å²) in [5.74, 6) is -0.847. The lowest BCUT2D eigenvalue weighted by Crippen LogP contribution is -2.41. The quantitative estimate of drug-likeness (QED) is 0.428. The first-order chi connectivity index (χ1) is 15.3. The summed E-state index contributed by atoms with van der Waals surface area (Å²) in [6, 6.07) is 9.12. The minimum absolute atomic E-state index is 0.0574. The van der Waals surface area contributed by atoms with Crippen LogP contribution >= 0.6 is 11.6 Å². The number of hydrogen-bond acceptors (Lipinski definition) is 4. The molecule has 2 aliphatic rings. The minimum atomic E-state index is -4.84. The van der Waals surface area contributed by atoms with E-state index in [4.69, 9.17) is 20.8 Å². The topological polar surface area (TPSA) is 42.7 Å². The van der Waals surface area contributed by atoms with Crippen LogP contribution in [0.25, 0.3) is 22.1 Å². The fraction of sp³-hybridized carbons (Fsp3) is 0.375. The lowest BCUT2D eigenvalue weighted by Gasteiger charge is -2.37. The molecule has 1 aliphatic carbocycles. The van der Waals surface area contributed by atoms with Crippen molar-refractivity contribution in [1.29, 1.82) is 0 Å². The highest BCUT2D eigenvalue weighted by atomic mass is 35.5. The molecule has 1 aliphatic heterocycles. The van der Waals surface area contributed by atoms with Gasteiger partial charge in [-0.15, -0.1) is 0 Å². The van der Waals surface area contributed by atoms with E-state index in [2.05, 4.69) is 4.90 Å². The number of rotatable bonds is 2. The van der Waals surface area contributed by atoms with Crippen LogP contribution in [0.15, 0.2) is 45.6 Å². The smallest absolute Gasteiger partial charge is 0.450 e. The predicted octanol–water partition coefficient (Wildman–Crippen LogP) is 6.62. The van der Waals surface area contributed by atoms with Gasteiger partial charge in [0.25, 0.3) is 0 Å². The predicted molar refractivity (Wildman–Crippen MR) is 116 cm³/mol. The van der Waals surface area contributed by atoms with Gasteiger partial charge in [0, 0.05) is 17.6 Å². The zero-order chi connectivity index (χ0) is 22.5. The molecule has 0 bridgehead atoms. The molecule has 5 rings (SSSR count). The summed E-state index contributed by atoms with van der Waals surface area (Å²) >= 11 is 5.88. The number of benzene rings is 2. The maximum atomic E-state index is 14.0. The summed E-state index contributed by atoms with van der Waals surface area (Å²) < 4.78 is 53.4. The normalized spacial score (nSPS) is 17.9. The van der Waals surface area contributed by atoms with E-state index in [1.54, 1.807) is 6.07 Å². The van der Waals surface area contributed by atoms with Crippen LogP contribution in [0.2, 0.25) is 5.02 Å². The molecule has 1 fully saturated rings. The Bertz CT molecular complexity index is 1210. The highest BCUT2D eigenvalue weighted by Gasteiger charge is 2.40. The third-order valence-electron chi connectivity index (χ3n) is 6.35. The Morgan fingerprint density at radius 2 is 1.72 bits per heavy atom. The number of fused-ring (bicyclic) bond motifs is 3. The summed E-state index contributed by atoms with van der Waals surface area (Å²) in [6.45, 7) is 0.764. The summed E-state index contributed by atoms with van der Waals surface area (Å²) in [5.41, 5.74) is -0.696. The molecule has 168 valence electrons. The van der Waals surface area contributed by atoms with Gasteiger partial charge in [-0.2, -0.15) is 13.2 Å². The molecule has 0 saturated heterocycles. The van der Waals surface area contributed by atoms with E-state index in [0.717, 1.165) is 25.7 Å². The van der Waals surface area contributed by atoms with Crippen molar-refractivity contribution in [2.45, 2.75) is 50.9 Å². The van der Waals surface area contributed by atoms with Crippen molar-refractivity contribution in [2.24, 2.45) is 0 Å². The van der Waals surface area contributed by atoms with Crippen LogP contribution in [0, 0.1) is 0 Å². The van der Waals surface area contributed by atoms with Crippen LogP contribution in [0.4, 0.5) is 13.2 Å². The first-order valence-corrected chi connectivity index (χ1v) is 11.0. The summed E-state index contributed by atoms with van der Waals surface area (Å²) in [4.78, 5) is 15.4. The third-order valence-corrected chi connectivity index (χ3v) is 6.60. The Kier molecular flexibility index (Phi) is 5.42. The van der Waals surface area contributed by atoms with Crippen LogP contribution < -0.4 is 10.2 Å². The first-order valence-electron chi connectivity index (χ1n) is 10.7. The molecule has 0 atom stereocenters. The molecule has 1 saturated carbocycles. The molecule has 0 unspecified atom stereocenters. The van der Waals surface area contributed by atoms with Gasteiger partial charge in [-0.05, 0) is 42.7 Å². The molecule has 4 nitrogen and oxygen atoms in total. The fourth-order valence-electron chi connectivity index (χ4n) is 4.74. The highest BCUT2D eigenvalue weighted by Crippen LogP contribution is 2.41. The maximum Gasteiger partial charge on any atom is 0.450 e. The van der Waals surface area contributed by atoms with E-state index in [0.29, 0.717) is 35.7 Å².